The molecule has 94 valence electrons. The Hall–Kier alpha value is -2.44. The number of hydrogen-bond acceptors (Lipinski definition) is 4. The second kappa shape index (κ2) is 5.26. The fourth-order valence-corrected chi connectivity index (χ4v) is 1.44. The number of carbonyl (C=O) groups is 1. The number of nitrogens with zero attached hydrogens (tertiary/aromatic N) is 3. The van der Waals surface area contributed by atoms with E-state index in [1.165, 1.54) is 23.0 Å². The van der Waals surface area contributed by atoms with Crippen molar-refractivity contribution in [1.82, 2.24) is 20.3 Å². The van der Waals surface area contributed by atoms with Crippen LogP contribution in [0.3, 0.4) is 0 Å². The van der Waals surface area contributed by atoms with E-state index in [4.69, 9.17) is 5.73 Å². The van der Waals surface area contributed by atoms with Gasteiger partial charge in [-0.1, -0.05) is 17.3 Å². The van der Waals surface area contributed by atoms with Gasteiger partial charge in [0, 0.05) is 6.54 Å². The molecule has 2 rings (SSSR count). The summed E-state index contributed by atoms with van der Waals surface area (Å²) in [5.41, 5.74) is 6.06. The zero-order valence-electron chi connectivity index (χ0n) is 9.51. The highest BCUT2D eigenvalue weighted by Gasteiger charge is 2.04. The lowest BCUT2D eigenvalue weighted by atomic mass is 10.2. The molecule has 3 N–H and O–H groups in total. The zero-order chi connectivity index (χ0) is 13.0. The van der Waals surface area contributed by atoms with Gasteiger partial charge in [0.15, 0.2) is 5.82 Å². The molecule has 0 radical (unpaired) electrons. The molecule has 0 saturated carbocycles. The predicted molar refractivity (Wildman–Crippen MR) is 62.7 cm³/mol. The summed E-state index contributed by atoms with van der Waals surface area (Å²) >= 11 is 0. The summed E-state index contributed by atoms with van der Waals surface area (Å²) < 4.78 is 14.2. The Balaban J connectivity index is 1.85. The first-order valence-corrected chi connectivity index (χ1v) is 5.30. The second-order valence-corrected chi connectivity index (χ2v) is 3.75. The third kappa shape index (κ3) is 3.27. The number of aromatic nitrogens is 3. The predicted octanol–water partition coefficient (Wildman–Crippen LogP) is 0.316. The van der Waals surface area contributed by atoms with Crippen molar-refractivity contribution in [2.75, 3.05) is 5.73 Å². The van der Waals surface area contributed by atoms with Crippen LogP contribution in [-0.4, -0.2) is 20.9 Å². The first-order chi connectivity index (χ1) is 8.63. The van der Waals surface area contributed by atoms with E-state index in [1.807, 2.05) is 0 Å². The average Bonchev–Trinajstić information content (AvgIpc) is 2.72. The summed E-state index contributed by atoms with van der Waals surface area (Å²) in [4.78, 5) is 11.5. The van der Waals surface area contributed by atoms with Crippen molar-refractivity contribution >= 4 is 11.7 Å². The molecule has 0 spiro atoms. The summed E-state index contributed by atoms with van der Waals surface area (Å²) in [6, 6.07) is 6.04. The number of amides is 1. The van der Waals surface area contributed by atoms with E-state index in [-0.39, 0.29) is 30.6 Å². The van der Waals surface area contributed by atoms with E-state index in [0.717, 1.165) is 0 Å². The van der Waals surface area contributed by atoms with Crippen LogP contribution in [0.5, 0.6) is 0 Å². The maximum absolute atomic E-state index is 12.9. The molecule has 0 atom stereocenters. The Morgan fingerprint density at radius 2 is 2.33 bits per heavy atom. The lowest BCUT2D eigenvalue weighted by Gasteiger charge is -2.05. The van der Waals surface area contributed by atoms with Crippen LogP contribution >= 0.6 is 0 Å². The second-order valence-electron chi connectivity index (χ2n) is 3.75. The monoisotopic (exact) mass is 249 g/mol. The summed E-state index contributed by atoms with van der Waals surface area (Å²) in [5, 5.41) is 9.86. The van der Waals surface area contributed by atoms with Crippen LogP contribution in [0.15, 0.2) is 30.5 Å². The first kappa shape index (κ1) is 12.0. The molecule has 0 unspecified atom stereocenters. The van der Waals surface area contributed by atoms with E-state index in [9.17, 15) is 9.18 Å². The molecule has 2 aromatic rings. The standard InChI is InChI=1S/C11H12FN5O/c12-9-3-1-2-8(4-9)5-14-11(18)7-17-6-10(13)15-16-17/h1-4,6H,5,7,13H2,(H,14,18). The Bertz CT molecular complexity index is 554. The topological polar surface area (TPSA) is 85.8 Å². The fraction of sp³-hybridized carbons (Fsp3) is 0.182. The lowest BCUT2D eigenvalue weighted by Crippen LogP contribution is -2.27. The summed E-state index contributed by atoms with van der Waals surface area (Å²) in [5.74, 6) is -0.317. The molecule has 0 bridgehead atoms. The minimum atomic E-state index is -0.328. The SMILES string of the molecule is Nc1cn(CC(=O)NCc2cccc(F)c2)nn1. The quantitative estimate of drug-likeness (QED) is 0.816. The van der Waals surface area contributed by atoms with Gasteiger partial charge >= 0.3 is 0 Å². The fourth-order valence-electron chi connectivity index (χ4n) is 1.44. The molecule has 0 saturated heterocycles. The van der Waals surface area contributed by atoms with Gasteiger partial charge in [0.1, 0.15) is 12.4 Å². The van der Waals surface area contributed by atoms with Crippen molar-refractivity contribution < 1.29 is 9.18 Å². The van der Waals surface area contributed by atoms with Gasteiger partial charge in [-0.05, 0) is 17.7 Å². The summed E-state index contributed by atoms with van der Waals surface area (Å²) in [6.07, 6.45) is 1.46. The lowest BCUT2D eigenvalue weighted by molar-refractivity contribution is -0.122. The number of anilines is 1. The highest BCUT2D eigenvalue weighted by atomic mass is 19.1. The number of nitrogen functional groups attached to an aromatic ring is 1. The van der Waals surface area contributed by atoms with Crippen molar-refractivity contribution in [2.45, 2.75) is 13.1 Å². The molecule has 0 aliphatic rings. The number of nitrogens with one attached hydrogen (secondary N) is 1. The van der Waals surface area contributed by atoms with E-state index in [2.05, 4.69) is 15.6 Å². The Morgan fingerprint density at radius 1 is 1.50 bits per heavy atom. The maximum Gasteiger partial charge on any atom is 0.242 e. The van der Waals surface area contributed by atoms with Crippen molar-refractivity contribution in [1.29, 1.82) is 0 Å². The molecule has 1 heterocycles. The highest BCUT2D eigenvalue weighted by molar-refractivity contribution is 5.75. The van der Waals surface area contributed by atoms with Gasteiger partial charge in [-0.2, -0.15) is 0 Å². The van der Waals surface area contributed by atoms with Crippen molar-refractivity contribution in [3.05, 3.63) is 41.8 Å². The van der Waals surface area contributed by atoms with Crippen molar-refractivity contribution in [3.63, 3.8) is 0 Å². The molecular formula is C11H12FN5O. The first-order valence-electron chi connectivity index (χ1n) is 5.30. The molecule has 1 aromatic carbocycles. The summed E-state index contributed by atoms with van der Waals surface area (Å²) in [6.45, 7) is 0.292. The smallest absolute Gasteiger partial charge is 0.242 e. The molecule has 0 fully saturated rings. The average molecular weight is 249 g/mol. The maximum atomic E-state index is 12.9. The van der Waals surface area contributed by atoms with Gasteiger partial charge in [0.25, 0.3) is 0 Å². The Kier molecular flexibility index (Phi) is 3.52. The number of hydrogen-bond donors (Lipinski definition) is 2. The third-order valence-corrected chi connectivity index (χ3v) is 2.24. The van der Waals surface area contributed by atoms with Gasteiger partial charge in [-0.25, -0.2) is 9.07 Å². The van der Waals surface area contributed by atoms with Crippen molar-refractivity contribution in [2.24, 2.45) is 0 Å². The molecule has 1 amide bonds. The van der Waals surface area contributed by atoms with Crippen LogP contribution in [0, 0.1) is 5.82 Å². The number of rotatable bonds is 4. The number of halogens is 1. The largest absolute Gasteiger partial charge is 0.381 e. The Labute approximate surface area is 103 Å². The van der Waals surface area contributed by atoms with E-state index in [1.54, 1.807) is 12.1 Å². The number of carbonyl (C=O) groups excluding carboxylic acids is 1. The molecule has 0 aliphatic heterocycles. The van der Waals surface area contributed by atoms with Gasteiger partial charge in [-0.3, -0.25) is 4.79 Å². The van der Waals surface area contributed by atoms with Crippen LogP contribution in [0.4, 0.5) is 10.2 Å². The minimum absolute atomic E-state index is 0.0273. The van der Waals surface area contributed by atoms with Crippen molar-refractivity contribution in [3.8, 4) is 0 Å². The van der Waals surface area contributed by atoms with Crippen LogP contribution in [0.1, 0.15) is 5.56 Å². The van der Waals surface area contributed by atoms with Crippen LogP contribution in [-0.2, 0) is 17.9 Å². The molecule has 18 heavy (non-hydrogen) atoms. The normalized spacial score (nSPS) is 10.3. The molecule has 0 aliphatic carbocycles. The van der Waals surface area contributed by atoms with Crippen LogP contribution < -0.4 is 11.1 Å². The zero-order valence-corrected chi connectivity index (χ0v) is 9.51. The molecule has 1 aromatic heterocycles. The van der Waals surface area contributed by atoms with Crippen LogP contribution in [0.2, 0.25) is 0 Å². The number of benzene rings is 1. The highest BCUT2D eigenvalue weighted by Crippen LogP contribution is 2.02. The number of nitrogens with two attached hydrogens (primary N) is 1. The minimum Gasteiger partial charge on any atom is -0.381 e. The van der Waals surface area contributed by atoms with Gasteiger partial charge in [0.05, 0.1) is 6.20 Å². The van der Waals surface area contributed by atoms with Gasteiger partial charge in [0.2, 0.25) is 5.91 Å². The molecular weight excluding hydrogens is 237 g/mol. The molecule has 6 nitrogen and oxygen atoms in total. The Morgan fingerprint density at radius 3 is 3.00 bits per heavy atom. The van der Waals surface area contributed by atoms with E-state index in [0.29, 0.717) is 5.56 Å². The van der Waals surface area contributed by atoms with E-state index >= 15 is 0 Å². The summed E-state index contributed by atoms with van der Waals surface area (Å²) in [7, 11) is 0. The van der Waals surface area contributed by atoms with Gasteiger partial charge in [-0.15, -0.1) is 5.10 Å². The van der Waals surface area contributed by atoms with Gasteiger partial charge < -0.3 is 11.1 Å². The third-order valence-electron chi connectivity index (χ3n) is 2.24. The molecule has 7 heteroatoms. The van der Waals surface area contributed by atoms with E-state index < -0.39 is 0 Å². The van der Waals surface area contributed by atoms with Crippen LogP contribution in [0.25, 0.3) is 0 Å².